The van der Waals surface area contributed by atoms with Crippen molar-refractivity contribution in [1.82, 2.24) is 25.2 Å². The Balaban J connectivity index is 1.12. The number of hydrogen-bond acceptors (Lipinski definition) is 9. The number of alkyl carbamates (subject to hydrolysis) is 1. The van der Waals surface area contributed by atoms with Crippen molar-refractivity contribution in [2.45, 2.75) is 144 Å². The van der Waals surface area contributed by atoms with Crippen molar-refractivity contribution in [3.8, 4) is 5.75 Å². The number of fused-ring (bicyclic) bond motifs is 5. The van der Waals surface area contributed by atoms with Crippen LogP contribution < -0.4 is 20.1 Å². The maximum absolute atomic E-state index is 14.7. The number of ether oxygens (including phenoxy) is 2. The second-order valence-electron chi connectivity index (χ2n) is 16.7. The average Bonchev–Trinajstić information content (AvgIpc) is 3.93. The molecule has 0 radical (unpaired) electrons. The van der Waals surface area contributed by atoms with E-state index in [1.54, 1.807) is 6.92 Å². The molecule has 3 saturated carbocycles. The van der Waals surface area contributed by atoms with E-state index in [1.165, 1.54) is 4.90 Å². The first-order valence-corrected chi connectivity index (χ1v) is 21.2. The molecule has 13 nitrogen and oxygen atoms in total. The third kappa shape index (κ3) is 6.83. The predicted octanol–water partition coefficient (Wildman–Crippen LogP) is 4.64. The fourth-order valence-electron chi connectivity index (χ4n) is 8.98. The molecule has 0 bridgehead atoms. The maximum atomic E-state index is 14.7. The molecule has 4 heterocycles. The van der Waals surface area contributed by atoms with E-state index in [-0.39, 0.29) is 25.5 Å². The van der Waals surface area contributed by atoms with Crippen LogP contribution in [0.4, 0.5) is 4.79 Å². The van der Waals surface area contributed by atoms with Crippen LogP contribution >= 0.6 is 0 Å². The molecule has 54 heavy (non-hydrogen) atoms. The van der Waals surface area contributed by atoms with Crippen molar-refractivity contribution in [2.24, 2.45) is 5.92 Å². The first-order chi connectivity index (χ1) is 25.8. The van der Waals surface area contributed by atoms with Crippen molar-refractivity contribution < 1.29 is 37.1 Å². The van der Waals surface area contributed by atoms with Crippen molar-refractivity contribution in [3.05, 3.63) is 47.7 Å². The molecule has 1 aromatic carbocycles. The zero-order valence-corrected chi connectivity index (χ0v) is 32.0. The largest absolute Gasteiger partial charge is 0.483 e. The quantitative estimate of drug-likeness (QED) is 0.367. The minimum Gasteiger partial charge on any atom is -0.483 e. The van der Waals surface area contributed by atoms with Crippen molar-refractivity contribution in [2.75, 3.05) is 6.54 Å². The number of amides is 4. The lowest BCUT2D eigenvalue weighted by Crippen LogP contribution is -2.58. The first-order valence-electron chi connectivity index (χ1n) is 19.7. The zero-order valence-electron chi connectivity index (χ0n) is 31.2. The van der Waals surface area contributed by atoms with Gasteiger partial charge in [-0.2, -0.15) is 0 Å². The van der Waals surface area contributed by atoms with E-state index < -0.39 is 67.7 Å². The van der Waals surface area contributed by atoms with Gasteiger partial charge >= 0.3 is 6.09 Å². The molecule has 1 aromatic heterocycles. The van der Waals surface area contributed by atoms with Crippen LogP contribution in [0, 0.1) is 12.8 Å². The third-order valence-electron chi connectivity index (χ3n) is 12.7. The zero-order chi connectivity index (χ0) is 37.9. The summed E-state index contributed by atoms with van der Waals surface area (Å²) in [6.07, 6.45) is 12.4. The third-order valence-corrected chi connectivity index (χ3v) is 14.9. The van der Waals surface area contributed by atoms with E-state index in [2.05, 4.69) is 15.4 Å². The minimum atomic E-state index is -3.97. The Morgan fingerprint density at radius 2 is 1.78 bits per heavy atom. The summed E-state index contributed by atoms with van der Waals surface area (Å²) in [5.74, 6) is -1.51. The van der Waals surface area contributed by atoms with E-state index in [9.17, 15) is 27.6 Å². The van der Waals surface area contributed by atoms with Gasteiger partial charge in [0.15, 0.2) is 0 Å². The maximum Gasteiger partial charge on any atom is 0.408 e. The highest BCUT2D eigenvalue weighted by molar-refractivity contribution is 7.91. The number of carbonyl (C=O) groups is 4. The number of nitrogens with one attached hydrogen (secondary N) is 3. The van der Waals surface area contributed by atoms with E-state index in [0.29, 0.717) is 56.4 Å². The van der Waals surface area contributed by atoms with Crippen molar-refractivity contribution in [1.29, 1.82) is 0 Å². The number of para-hydroxylation sites is 1. The molecule has 290 valence electrons. The van der Waals surface area contributed by atoms with Crippen molar-refractivity contribution >= 4 is 44.7 Å². The Morgan fingerprint density at radius 1 is 1.02 bits per heavy atom. The molecule has 14 heteroatoms. The van der Waals surface area contributed by atoms with Gasteiger partial charge in [-0.25, -0.2) is 18.2 Å². The molecular weight excluding hydrogens is 711 g/mol. The highest BCUT2D eigenvalue weighted by Crippen LogP contribution is 2.49. The monoisotopic (exact) mass is 761 g/mol. The molecule has 6 aliphatic rings. The standard InChI is InChI=1S/C40H51N5O8S/c1-25-33-29(28-15-10-11-16-30(28)41-25)18-19-39(53-33)23-32-34(46)43-40(36(48)44-54(50,51)38(2)20-21-38)22-26(40)12-6-4-3-5-7-17-31(35(47)45(32)24-39)42-37(49)52-27-13-8-9-14-27/h6,10-12,15-16,26-27,31-32H,3-5,7-9,13-14,17-24H2,1-2H3,(H,42,49)(H,43,46)(H,44,48)/b12-6-/t26?,31-,32-,39+,40+/m0/s1. The van der Waals surface area contributed by atoms with Gasteiger partial charge in [-0.15, -0.1) is 0 Å². The Morgan fingerprint density at radius 3 is 2.56 bits per heavy atom. The van der Waals surface area contributed by atoms with Crippen molar-refractivity contribution in [3.63, 3.8) is 0 Å². The molecule has 3 N–H and O–H groups in total. The normalized spacial score (nSPS) is 31.5. The van der Waals surface area contributed by atoms with Crippen LogP contribution in [-0.4, -0.2) is 82.7 Å². The number of sulfonamides is 1. The Bertz CT molecular complexity index is 2010. The van der Waals surface area contributed by atoms with Gasteiger partial charge in [-0.05, 0) is 97.0 Å². The highest BCUT2D eigenvalue weighted by Gasteiger charge is 2.64. The van der Waals surface area contributed by atoms with Crippen LogP contribution in [0.1, 0.15) is 108 Å². The molecule has 4 fully saturated rings. The number of hydrogen-bond donors (Lipinski definition) is 3. The van der Waals surface area contributed by atoms with E-state index in [1.807, 2.05) is 43.3 Å². The Labute approximate surface area is 316 Å². The van der Waals surface area contributed by atoms with Crippen LogP contribution in [0.25, 0.3) is 10.9 Å². The highest BCUT2D eigenvalue weighted by atomic mass is 32.2. The fourth-order valence-corrected chi connectivity index (χ4v) is 10.3. The number of aryl methyl sites for hydroxylation is 2. The lowest BCUT2D eigenvalue weighted by Gasteiger charge is -2.36. The van der Waals surface area contributed by atoms with Crippen LogP contribution in [0.3, 0.4) is 0 Å². The van der Waals surface area contributed by atoms with Gasteiger partial charge in [0.25, 0.3) is 5.91 Å². The predicted molar refractivity (Wildman–Crippen MR) is 200 cm³/mol. The van der Waals surface area contributed by atoms with Gasteiger partial charge in [0, 0.05) is 23.3 Å². The molecule has 4 amide bonds. The number of rotatable bonds is 5. The number of carbonyl (C=O) groups excluding carboxylic acids is 4. The molecular formula is C40H51N5O8S. The molecule has 8 rings (SSSR count). The van der Waals surface area contributed by atoms with Crippen LogP contribution in [0.5, 0.6) is 5.75 Å². The van der Waals surface area contributed by atoms with Gasteiger partial charge in [0.2, 0.25) is 21.8 Å². The summed E-state index contributed by atoms with van der Waals surface area (Å²) in [7, 11) is -3.97. The summed E-state index contributed by atoms with van der Waals surface area (Å²) in [6.45, 7) is 3.59. The van der Waals surface area contributed by atoms with Gasteiger partial charge in [0.05, 0.1) is 22.5 Å². The minimum absolute atomic E-state index is 0.0841. The first kappa shape index (κ1) is 36.8. The summed E-state index contributed by atoms with van der Waals surface area (Å²) in [5.41, 5.74) is 0.188. The molecule has 1 unspecified atom stereocenters. The Hall–Kier alpha value is -4.20. The number of pyridine rings is 1. The summed E-state index contributed by atoms with van der Waals surface area (Å²) in [4.78, 5) is 62.8. The summed E-state index contributed by atoms with van der Waals surface area (Å²) in [5, 5.41) is 6.82. The van der Waals surface area contributed by atoms with Gasteiger partial charge < -0.3 is 25.0 Å². The molecule has 1 saturated heterocycles. The summed E-state index contributed by atoms with van der Waals surface area (Å²) < 4.78 is 40.3. The van der Waals surface area contributed by atoms with Gasteiger partial charge in [0.1, 0.15) is 35.1 Å². The molecule has 5 atom stereocenters. The van der Waals surface area contributed by atoms with E-state index >= 15 is 0 Å². The average molecular weight is 762 g/mol. The Kier molecular flexibility index (Phi) is 9.41. The second-order valence-corrected chi connectivity index (χ2v) is 18.9. The summed E-state index contributed by atoms with van der Waals surface area (Å²) >= 11 is 0. The second kappa shape index (κ2) is 13.8. The fraction of sp³-hybridized carbons (Fsp3) is 0.625. The molecule has 3 aliphatic heterocycles. The number of benzene rings is 1. The van der Waals surface area contributed by atoms with E-state index in [0.717, 1.165) is 55.0 Å². The van der Waals surface area contributed by atoms with Gasteiger partial charge in [-0.1, -0.05) is 43.2 Å². The van der Waals surface area contributed by atoms with Crippen LogP contribution in [-0.2, 0) is 35.6 Å². The molecule has 2 aromatic rings. The topological polar surface area (TPSA) is 173 Å². The molecule has 1 spiro atoms. The number of aromatic nitrogens is 1. The van der Waals surface area contributed by atoms with Crippen LogP contribution in [0.15, 0.2) is 36.4 Å². The lowest BCUT2D eigenvalue weighted by atomic mass is 9.87. The molecule has 3 aliphatic carbocycles. The lowest BCUT2D eigenvalue weighted by molar-refractivity contribution is -0.141. The van der Waals surface area contributed by atoms with Gasteiger partial charge in [-0.3, -0.25) is 19.1 Å². The number of allylic oxidation sites excluding steroid dienone is 1. The van der Waals surface area contributed by atoms with Crippen LogP contribution in [0.2, 0.25) is 0 Å². The number of nitrogens with zero attached hydrogens (tertiary/aromatic N) is 2. The SMILES string of the molecule is Cc1nc2ccccc2c2c1O[C@]1(CC2)C[C@H]2C(=O)N[C@]3(C(=O)NS(=O)(=O)C4(C)CC4)CC3/C=C\CCCCC[C@H](NC(=O)OC3CCCC3)C(=O)N2C1. The summed E-state index contributed by atoms with van der Waals surface area (Å²) in [6, 6.07) is 5.90. The van der Waals surface area contributed by atoms with E-state index in [4.69, 9.17) is 14.5 Å². The smallest absolute Gasteiger partial charge is 0.408 e.